The fourth-order valence-corrected chi connectivity index (χ4v) is 4.19. The number of likely N-dealkylation sites (N-methyl/N-ethyl adjacent to an activating group) is 1. The standard InChI is InChI=1S/C21H25N3O3/c1-23-14-21(27-20(23)26)11-5-12-24(15-21)13-10-19(25)22-18-9-4-7-16-6-2-3-8-17(16)18/h2-4,6-9H,5,10-15H2,1H3,(H,22,25). The second kappa shape index (κ2) is 7.19. The first kappa shape index (κ1) is 17.8. The molecule has 2 aliphatic heterocycles. The Morgan fingerprint density at radius 2 is 2.00 bits per heavy atom. The van der Waals surface area contributed by atoms with Gasteiger partial charge < -0.3 is 15.0 Å². The summed E-state index contributed by atoms with van der Waals surface area (Å²) >= 11 is 0. The van der Waals surface area contributed by atoms with Gasteiger partial charge in [0.05, 0.1) is 6.54 Å². The molecule has 2 aromatic carbocycles. The zero-order chi connectivity index (χ0) is 18.9. The molecule has 2 amide bonds. The van der Waals surface area contributed by atoms with Crippen LogP contribution in [0.3, 0.4) is 0 Å². The normalized spacial score (nSPS) is 23.0. The summed E-state index contributed by atoms with van der Waals surface area (Å²) in [5.41, 5.74) is 0.440. The number of hydrogen-bond donors (Lipinski definition) is 1. The van der Waals surface area contributed by atoms with Crippen molar-refractivity contribution in [1.82, 2.24) is 9.80 Å². The number of carbonyl (C=O) groups is 2. The molecule has 1 N–H and O–H groups in total. The van der Waals surface area contributed by atoms with Crippen LogP contribution in [0.2, 0.25) is 0 Å². The zero-order valence-corrected chi connectivity index (χ0v) is 15.6. The molecule has 0 bridgehead atoms. The third-order valence-corrected chi connectivity index (χ3v) is 5.48. The minimum atomic E-state index is -0.407. The molecule has 6 heteroatoms. The summed E-state index contributed by atoms with van der Waals surface area (Å²) in [6.07, 6.45) is 2.04. The molecule has 2 saturated heterocycles. The van der Waals surface area contributed by atoms with Crippen molar-refractivity contribution >= 4 is 28.5 Å². The van der Waals surface area contributed by atoms with E-state index in [-0.39, 0.29) is 12.0 Å². The minimum Gasteiger partial charge on any atom is -0.440 e. The number of benzene rings is 2. The van der Waals surface area contributed by atoms with Crippen molar-refractivity contribution in [1.29, 1.82) is 0 Å². The molecule has 2 aromatic rings. The highest BCUT2D eigenvalue weighted by Crippen LogP contribution is 2.31. The van der Waals surface area contributed by atoms with Gasteiger partial charge in [0.1, 0.15) is 5.60 Å². The summed E-state index contributed by atoms with van der Waals surface area (Å²) in [7, 11) is 1.77. The minimum absolute atomic E-state index is 0.00603. The average Bonchev–Trinajstić information content (AvgIpc) is 2.93. The molecule has 1 spiro atoms. The second-order valence-electron chi connectivity index (χ2n) is 7.61. The fourth-order valence-electron chi connectivity index (χ4n) is 4.19. The van der Waals surface area contributed by atoms with Gasteiger partial charge in [-0.15, -0.1) is 0 Å². The third-order valence-electron chi connectivity index (χ3n) is 5.48. The first-order chi connectivity index (χ1) is 13.0. The van der Waals surface area contributed by atoms with Gasteiger partial charge in [0.15, 0.2) is 0 Å². The Morgan fingerprint density at radius 3 is 2.81 bits per heavy atom. The SMILES string of the molecule is CN1CC2(CCCN(CCC(=O)Nc3cccc4ccccc34)C2)OC1=O. The predicted molar refractivity (Wildman–Crippen MR) is 105 cm³/mol. The predicted octanol–water partition coefficient (Wildman–Crippen LogP) is 3.09. The molecule has 6 nitrogen and oxygen atoms in total. The zero-order valence-electron chi connectivity index (χ0n) is 15.6. The van der Waals surface area contributed by atoms with E-state index in [9.17, 15) is 9.59 Å². The van der Waals surface area contributed by atoms with Gasteiger partial charge in [-0.2, -0.15) is 0 Å². The number of amides is 2. The number of rotatable bonds is 4. The van der Waals surface area contributed by atoms with Crippen molar-refractivity contribution < 1.29 is 14.3 Å². The van der Waals surface area contributed by atoms with Crippen molar-refractivity contribution in [2.45, 2.75) is 24.9 Å². The van der Waals surface area contributed by atoms with Crippen molar-refractivity contribution in [2.75, 3.05) is 38.5 Å². The Hall–Kier alpha value is -2.60. The lowest BCUT2D eigenvalue weighted by atomic mass is 9.92. The van der Waals surface area contributed by atoms with E-state index in [0.717, 1.165) is 35.8 Å². The highest BCUT2D eigenvalue weighted by Gasteiger charge is 2.46. The van der Waals surface area contributed by atoms with Crippen LogP contribution in [0.25, 0.3) is 10.8 Å². The molecular weight excluding hydrogens is 342 g/mol. The van der Waals surface area contributed by atoms with Crippen LogP contribution in [-0.2, 0) is 9.53 Å². The number of hydrogen-bond acceptors (Lipinski definition) is 4. The molecule has 1 atom stereocenters. The lowest BCUT2D eigenvalue weighted by Crippen LogP contribution is -2.50. The molecule has 2 heterocycles. The first-order valence-electron chi connectivity index (χ1n) is 9.49. The van der Waals surface area contributed by atoms with Crippen molar-refractivity contribution in [2.24, 2.45) is 0 Å². The lowest BCUT2D eigenvalue weighted by molar-refractivity contribution is -0.116. The summed E-state index contributed by atoms with van der Waals surface area (Å²) in [5.74, 6) is 0.00603. The molecule has 0 aliphatic carbocycles. The van der Waals surface area contributed by atoms with Gasteiger partial charge in [-0.1, -0.05) is 36.4 Å². The largest absolute Gasteiger partial charge is 0.440 e. The topological polar surface area (TPSA) is 61.9 Å². The summed E-state index contributed by atoms with van der Waals surface area (Å²) in [5, 5.41) is 5.20. The van der Waals surface area contributed by atoms with Crippen LogP contribution in [0, 0.1) is 0 Å². The molecule has 0 saturated carbocycles. The summed E-state index contributed by atoms with van der Waals surface area (Å²) in [4.78, 5) is 28.1. The van der Waals surface area contributed by atoms with E-state index in [1.54, 1.807) is 11.9 Å². The Labute approximate surface area is 159 Å². The van der Waals surface area contributed by atoms with E-state index in [0.29, 0.717) is 26.1 Å². The lowest BCUT2D eigenvalue weighted by Gasteiger charge is -2.38. The quantitative estimate of drug-likeness (QED) is 0.902. The molecule has 1 unspecified atom stereocenters. The van der Waals surface area contributed by atoms with Crippen LogP contribution in [0.1, 0.15) is 19.3 Å². The Kier molecular flexibility index (Phi) is 4.74. The van der Waals surface area contributed by atoms with Gasteiger partial charge >= 0.3 is 6.09 Å². The molecule has 2 fully saturated rings. The first-order valence-corrected chi connectivity index (χ1v) is 9.49. The second-order valence-corrected chi connectivity index (χ2v) is 7.61. The summed E-state index contributed by atoms with van der Waals surface area (Å²) in [6.45, 7) is 2.93. The van der Waals surface area contributed by atoms with Gasteiger partial charge in [-0.05, 0) is 30.8 Å². The van der Waals surface area contributed by atoms with E-state index >= 15 is 0 Å². The maximum absolute atomic E-state index is 12.5. The summed E-state index contributed by atoms with van der Waals surface area (Å²) in [6, 6.07) is 14.0. The maximum Gasteiger partial charge on any atom is 0.410 e. The molecule has 142 valence electrons. The van der Waals surface area contributed by atoms with E-state index in [4.69, 9.17) is 4.74 Å². The maximum atomic E-state index is 12.5. The monoisotopic (exact) mass is 367 g/mol. The number of anilines is 1. The summed E-state index contributed by atoms with van der Waals surface area (Å²) < 4.78 is 5.63. The number of likely N-dealkylation sites (tertiary alicyclic amines) is 1. The van der Waals surface area contributed by atoms with E-state index in [2.05, 4.69) is 10.2 Å². The van der Waals surface area contributed by atoms with Crippen LogP contribution < -0.4 is 5.32 Å². The van der Waals surface area contributed by atoms with Gasteiger partial charge in [0.2, 0.25) is 5.91 Å². The van der Waals surface area contributed by atoms with E-state index < -0.39 is 5.60 Å². The van der Waals surface area contributed by atoms with Crippen molar-refractivity contribution in [3.63, 3.8) is 0 Å². The van der Waals surface area contributed by atoms with Crippen LogP contribution in [0.5, 0.6) is 0 Å². The smallest absolute Gasteiger partial charge is 0.410 e. The van der Waals surface area contributed by atoms with Crippen molar-refractivity contribution in [3.05, 3.63) is 42.5 Å². The number of nitrogens with one attached hydrogen (secondary N) is 1. The number of nitrogens with zero attached hydrogens (tertiary/aromatic N) is 2. The molecule has 2 aliphatic rings. The Balaban J connectivity index is 1.35. The highest BCUT2D eigenvalue weighted by molar-refractivity contribution is 6.02. The number of fused-ring (bicyclic) bond motifs is 1. The van der Waals surface area contributed by atoms with Gasteiger partial charge in [0, 0.05) is 37.6 Å². The molecule has 4 rings (SSSR count). The van der Waals surface area contributed by atoms with Crippen LogP contribution >= 0.6 is 0 Å². The van der Waals surface area contributed by atoms with Crippen molar-refractivity contribution in [3.8, 4) is 0 Å². The van der Waals surface area contributed by atoms with E-state index in [1.165, 1.54) is 0 Å². The highest BCUT2D eigenvalue weighted by atomic mass is 16.6. The van der Waals surface area contributed by atoms with Gasteiger partial charge in [-0.3, -0.25) is 9.69 Å². The van der Waals surface area contributed by atoms with Crippen LogP contribution in [0.4, 0.5) is 10.5 Å². The van der Waals surface area contributed by atoms with E-state index in [1.807, 2.05) is 42.5 Å². The Morgan fingerprint density at radius 1 is 1.19 bits per heavy atom. The average molecular weight is 367 g/mol. The number of ether oxygens (including phenoxy) is 1. The molecule has 0 aromatic heterocycles. The third kappa shape index (κ3) is 3.76. The van der Waals surface area contributed by atoms with Crippen LogP contribution in [-0.4, -0.2) is 60.6 Å². The fraction of sp³-hybridized carbons (Fsp3) is 0.429. The van der Waals surface area contributed by atoms with Crippen LogP contribution in [0.15, 0.2) is 42.5 Å². The molecule has 27 heavy (non-hydrogen) atoms. The number of carbonyl (C=O) groups excluding carboxylic acids is 2. The van der Waals surface area contributed by atoms with Gasteiger partial charge in [0.25, 0.3) is 0 Å². The van der Waals surface area contributed by atoms with Gasteiger partial charge in [-0.25, -0.2) is 4.79 Å². The molecule has 0 radical (unpaired) electrons. The Bertz CT molecular complexity index is 863. The number of piperidine rings is 1. The molecular formula is C21H25N3O3.